The molecule has 1 aromatic heterocycles. The number of aryl methyl sites for hydroxylation is 1. The predicted octanol–water partition coefficient (Wildman–Crippen LogP) is 6.67. The highest BCUT2D eigenvalue weighted by Gasteiger charge is 2.14. The molecule has 0 bridgehead atoms. The molecule has 0 fully saturated rings. The maximum absolute atomic E-state index is 13.7. The Kier molecular flexibility index (Phi) is 9.97. The van der Waals surface area contributed by atoms with Gasteiger partial charge in [0, 0.05) is 41.7 Å². The van der Waals surface area contributed by atoms with E-state index in [1.807, 2.05) is 61.0 Å². The summed E-state index contributed by atoms with van der Waals surface area (Å²) < 4.78 is 26.6. The van der Waals surface area contributed by atoms with E-state index in [1.54, 1.807) is 6.07 Å². The number of halogens is 1. The minimum Gasteiger partial charge on any atom is -0.493 e. The van der Waals surface area contributed by atoms with Gasteiger partial charge in [0.1, 0.15) is 11.6 Å². The number of aromatic nitrogens is 3. The Morgan fingerprint density at radius 2 is 1.87 bits per heavy atom. The molecule has 4 rings (SSSR count). The molecular formula is C30H33FN4O3S. The molecular weight excluding hydrogens is 515 g/mol. The van der Waals surface area contributed by atoms with E-state index in [2.05, 4.69) is 28.5 Å². The fraction of sp³-hybridized carbons (Fsp3) is 0.300. The lowest BCUT2D eigenvalue weighted by atomic mass is 10.1. The molecule has 1 heterocycles. The Morgan fingerprint density at radius 1 is 1.05 bits per heavy atom. The van der Waals surface area contributed by atoms with Crippen LogP contribution < -0.4 is 10.1 Å². The van der Waals surface area contributed by atoms with Gasteiger partial charge in [0.05, 0.1) is 13.2 Å². The van der Waals surface area contributed by atoms with Crippen molar-refractivity contribution in [2.75, 3.05) is 18.5 Å². The predicted molar refractivity (Wildman–Crippen MR) is 151 cm³/mol. The standard InChI is InChI=1S/C30H33FN4O3S/c1-4-17-38-27-19-26(39-30-34-33-29(35(30)3)22-7-6-8-24(31)18-22)15-12-23(27)20-32-25-13-9-21(10-14-25)11-16-28(36)37-5-2/h6-10,12-15,18-19,32H,4-5,11,16-17,20H2,1-3H3. The molecule has 39 heavy (non-hydrogen) atoms. The molecule has 0 amide bonds. The van der Waals surface area contributed by atoms with Gasteiger partial charge in [-0.2, -0.15) is 0 Å². The summed E-state index contributed by atoms with van der Waals surface area (Å²) in [6, 6.07) is 20.5. The zero-order valence-corrected chi connectivity index (χ0v) is 23.3. The molecule has 0 aliphatic heterocycles. The van der Waals surface area contributed by atoms with Crippen LogP contribution in [0.25, 0.3) is 11.4 Å². The molecule has 0 radical (unpaired) electrons. The Balaban J connectivity index is 1.42. The fourth-order valence-electron chi connectivity index (χ4n) is 3.95. The van der Waals surface area contributed by atoms with E-state index in [0.717, 1.165) is 33.9 Å². The number of hydrogen-bond acceptors (Lipinski definition) is 7. The second-order valence-corrected chi connectivity index (χ2v) is 9.99. The quantitative estimate of drug-likeness (QED) is 0.187. The number of carbonyl (C=O) groups excluding carboxylic acids is 1. The molecule has 0 atom stereocenters. The van der Waals surface area contributed by atoms with Crippen molar-refractivity contribution < 1.29 is 18.7 Å². The van der Waals surface area contributed by atoms with Gasteiger partial charge in [0.2, 0.25) is 0 Å². The average molecular weight is 549 g/mol. The summed E-state index contributed by atoms with van der Waals surface area (Å²) in [4.78, 5) is 12.6. The van der Waals surface area contributed by atoms with Crippen LogP contribution in [0.5, 0.6) is 5.75 Å². The highest BCUT2D eigenvalue weighted by atomic mass is 32.2. The first kappa shape index (κ1) is 28.2. The van der Waals surface area contributed by atoms with Gasteiger partial charge < -0.3 is 19.4 Å². The van der Waals surface area contributed by atoms with Gasteiger partial charge in [-0.3, -0.25) is 4.79 Å². The first-order valence-corrected chi connectivity index (χ1v) is 13.9. The van der Waals surface area contributed by atoms with Crippen LogP contribution in [0.1, 0.15) is 37.8 Å². The Bertz CT molecular complexity index is 1390. The maximum atomic E-state index is 13.7. The van der Waals surface area contributed by atoms with E-state index in [0.29, 0.717) is 49.1 Å². The van der Waals surface area contributed by atoms with Gasteiger partial charge in [-0.05, 0) is 73.5 Å². The number of ether oxygens (including phenoxy) is 2. The van der Waals surface area contributed by atoms with E-state index >= 15 is 0 Å². The van der Waals surface area contributed by atoms with Crippen molar-refractivity contribution in [3.63, 3.8) is 0 Å². The molecule has 4 aromatic rings. The lowest BCUT2D eigenvalue weighted by Gasteiger charge is -2.14. The van der Waals surface area contributed by atoms with Crippen LogP contribution in [0.2, 0.25) is 0 Å². The average Bonchev–Trinajstić information content (AvgIpc) is 3.30. The van der Waals surface area contributed by atoms with Gasteiger partial charge >= 0.3 is 5.97 Å². The van der Waals surface area contributed by atoms with Gasteiger partial charge in [-0.15, -0.1) is 10.2 Å². The van der Waals surface area contributed by atoms with E-state index in [9.17, 15) is 9.18 Å². The second kappa shape index (κ2) is 13.8. The largest absolute Gasteiger partial charge is 0.493 e. The van der Waals surface area contributed by atoms with Crippen molar-refractivity contribution in [1.82, 2.24) is 14.8 Å². The summed E-state index contributed by atoms with van der Waals surface area (Å²) in [5.74, 6) is 0.934. The summed E-state index contributed by atoms with van der Waals surface area (Å²) >= 11 is 1.48. The smallest absolute Gasteiger partial charge is 0.306 e. The molecule has 0 unspecified atom stereocenters. The van der Waals surface area contributed by atoms with Crippen molar-refractivity contribution in [2.45, 2.75) is 49.7 Å². The SMILES string of the molecule is CCCOc1cc(Sc2nnc(-c3cccc(F)c3)n2C)ccc1CNc1ccc(CCC(=O)OCC)cc1. The molecule has 0 spiro atoms. The van der Waals surface area contributed by atoms with Crippen molar-refractivity contribution in [2.24, 2.45) is 7.05 Å². The number of carbonyl (C=O) groups is 1. The van der Waals surface area contributed by atoms with Crippen LogP contribution in [0.15, 0.2) is 76.8 Å². The van der Waals surface area contributed by atoms with Crippen molar-refractivity contribution >= 4 is 23.4 Å². The van der Waals surface area contributed by atoms with E-state index < -0.39 is 0 Å². The van der Waals surface area contributed by atoms with Crippen molar-refractivity contribution in [3.8, 4) is 17.1 Å². The van der Waals surface area contributed by atoms with E-state index in [4.69, 9.17) is 9.47 Å². The number of hydrogen-bond donors (Lipinski definition) is 1. The maximum Gasteiger partial charge on any atom is 0.306 e. The minimum absolute atomic E-state index is 0.174. The summed E-state index contributed by atoms with van der Waals surface area (Å²) in [7, 11) is 1.87. The number of benzene rings is 3. The molecule has 1 N–H and O–H groups in total. The summed E-state index contributed by atoms with van der Waals surface area (Å²) in [5.41, 5.74) is 3.79. The van der Waals surface area contributed by atoms with Crippen LogP contribution >= 0.6 is 11.8 Å². The molecule has 7 nitrogen and oxygen atoms in total. The number of rotatable bonds is 13. The Morgan fingerprint density at radius 3 is 2.62 bits per heavy atom. The van der Waals surface area contributed by atoms with Crippen LogP contribution in [0.4, 0.5) is 10.1 Å². The lowest BCUT2D eigenvalue weighted by molar-refractivity contribution is -0.143. The normalized spacial score (nSPS) is 10.9. The van der Waals surface area contributed by atoms with Gasteiger partial charge in [0.25, 0.3) is 0 Å². The van der Waals surface area contributed by atoms with E-state index in [-0.39, 0.29) is 11.8 Å². The minimum atomic E-state index is -0.309. The summed E-state index contributed by atoms with van der Waals surface area (Å²) in [5, 5.41) is 12.8. The monoisotopic (exact) mass is 548 g/mol. The highest BCUT2D eigenvalue weighted by Crippen LogP contribution is 2.33. The first-order chi connectivity index (χ1) is 19.0. The van der Waals surface area contributed by atoms with Crippen LogP contribution in [-0.4, -0.2) is 33.9 Å². The summed E-state index contributed by atoms with van der Waals surface area (Å²) in [6.07, 6.45) is 1.93. The third-order valence-corrected chi connectivity index (χ3v) is 7.01. The number of nitrogens with one attached hydrogen (secondary N) is 1. The molecule has 0 aliphatic carbocycles. The fourth-order valence-corrected chi connectivity index (χ4v) is 4.76. The van der Waals surface area contributed by atoms with Crippen LogP contribution in [0.3, 0.4) is 0 Å². The molecule has 0 saturated carbocycles. The van der Waals surface area contributed by atoms with Crippen LogP contribution in [-0.2, 0) is 29.5 Å². The Hall–Kier alpha value is -3.85. The second-order valence-electron chi connectivity index (χ2n) is 8.95. The number of nitrogens with zero attached hydrogens (tertiary/aromatic N) is 3. The molecule has 0 saturated heterocycles. The highest BCUT2D eigenvalue weighted by molar-refractivity contribution is 7.99. The van der Waals surface area contributed by atoms with Crippen molar-refractivity contribution in [1.29, 1.82) is 0 Å². The third-order valence-electron chi connectivity index (χ3n) is 5.99. The zero-order valence-electron chi connectivity index (χ0n) is 22.4. The van der Waals surface area contributed by atoms with Crippen molar-refractivity contribution in [3.05, 3.63) is 83.7 Å². The van der Waals surface area contributed by atoms with E-state index in [1.165, 1.54) is 23.9 Å². The third kappa shape index (κ3) is 7.83. The Labute approximate surface area is 232 Å². The topological polar surface area (TPSA) is 78.3 Å². The first-order valence-electron chi connectivity index (χ1n) is 13.0. The molecule has 3 aromatic carbocycles. The van der Waals surface area contributed by atoms with Gasteiger partial charge in [-0.1, -0.05) is 37.3 Å². The lowest BCUT2D eigenvalue weighted by Crippen LogP contribution is -2.06. The number of anilines is 1. The molecule has 0 aliphatic rings. The zero-order chi connectivity index (χ0) is 27.6. The van der Waals surface area contributed by atoms with Gasteiger partial charge in [0.15, 0.2) is 11.0 Å². The molecule has 204 valence electrons. The summed E-state index contributed by atoms with van der Waals surface area (Å²) in [6.45, 7) is 5.51. The van der Waals surface area contributed by atoms with Crippen LogP contribution in [0, 0.1) is 5.82 Å². The van der Waals surface area contributed by atoms with Gasteiger partial charge in [-0.25, -0.2) is 4.39 Å². The number of esters is 1. The molecule has 9 heteroatoms.